The predicted octanol–water partition coefficient (Wildman–Crippen LogP) is 1.19. The zero-order valence-corrected chi connectivity index (χ0v) is 9.19. The second-order valence-corrected chi connectivity index (χ2v) is 4.84. The maximum atomic E-state index is 10.9. The van der Waals surface area contributed by atoms with Gasteiger partial charge in [-0.3, -0.25) is 4.79 Å². The van der Waals surface area contributed by atoms with Gasteiger partial charge in [0.1, 0.15) is 0 Å². The van der Waals surface area contributed by atoms with Crippen LogP contribution in [0.3, 0.4) is 0 Å². The summed E-state index contributed by atoms with van der Waals surface area (Å²) in [7, 11) is 0. The van der Waals surface area contributed by atoms with Gasteiger partial charge in [0, 0.05) is 12.0 Å². The summed E-state index contributed by atoms with van der Waals surface area (Å²) >= 11 is 0. The van der Waals surface area contributed by atoms with Crippen LogP contribution in [0.1, 0.15) is 38.5 Å². The molecule has 0 unspecified atom stereocenters. The minimum absolute atomic E-state index is 0. The summed E-state index contributed by atoms with van der Waals surface area (Å²) in [5, 5.41) is 0. The van der Waals surface area contributed by atoms with Gasteiger partial charge in [-0.2, -0.15) is 0 Å². The topological polar surface area (TPSA) is 69.1 Å². The van der Waals surface area contributed by atoms with Crippen molar-refractivity contribution in [3.8, 4) is 0 Å². The fourth-order valence-electron chi connectivity index (χ4n) is 2.98. The zero-order chi connectivity index (χ0) is 9.47. The Bertz CT molecular complexity index is 216. The Morgan fingerprint density at radius 2 is 1.71 bits per heavy atom. The van der Waals surface area contributed by atoms with Crippen LogP contribution in [-0.2, 0) is 4.79 Å². The molecular formula is C10H19ClN2O. The molecule has 3 nitrogen and oxygen atoms in total. The molecule has 0 aromatic carbocycles. The van der Waals surface area contributed by atoms with Crippen molar-refractivity contribution in [1.29, 1.82) is 0 Å². The number of amides is 1. The molecule has 2 aliphatic rings. The summed E-state index contributed by atoms with van der Waals surface area (Å²) in [6.45, 7) is 0. The molecule has 0 aromatic rings. The van der Waals surface area contributed by atoms with Crippen molar-refractivity contribution >= 4 is 18.3 Å². The van der Waals surface area contributed by atoms with Crippen LogP contribution in [0.5, 0.6) is 0 Å². The molecule has 0 bridgehead atoms. The number of rotatable bonds is 1. The van der Waals surface area contributed by atoms with Crippen molar-refractivity contribution in [1.82, 2.24) is 0 Å². The first kappa shape index (κ1) is 11.8. The van der Waals surface area contributed by atoms with E-state index in [4.69, 9.17) is 11.5 Å². The zero-order valence-electron chi connectivity index (χ0n) is 8.37. The molecule has 0 radical (unpaired) electrons. The molecule has 4 N–H and O–H groups in total. The lowest BCUT2D eigenvalue weighted by molar-refractivity contribution is -0.124. The van der Waals surface area contributed by atoms with E-state index in [2.05, 4.69) is 0 Å². The van der Waals surface area contributed by atoms with E-state index in [1.54, 1.807) is 0 Å². The van der Waals surface area contributed by atoms with Gasteiger partial charge in [-0.1, -0.05) is 0 Å². The maximum absolute atomic E-state index is 10.9. The van der Waals surface area contributed by atoms with Gasteiger partial charge < -0.3 is 11.5 Å². The largest absolute Gasteiger partial charge is 0.369 e. The molecule has 2 fully saturated rings. The van der Waals surface area contributed by atoms with E-state index in [0.29, 0.717) is 11.5 Å². The first-order valence-electron chi connectivity index (χ1n) is 5.16. The van der Waals surface area contributed by atoms with Gasteiger partial charge in [0.15, 0.2) is 0 Å². The second kappa shape index (κ2) is 4.07. The highest BCUT2D eigenvalue weighted by Gasteiger charge is 2.45. The van der Waals surface area contributed by atoms with E-state index in [-0.39, 0.29) is 24.2 Å². The van der Waals surface area contributed by atoms with Crippen LogP contribution in [0.15, 0.2) is 0 Å². The Balaban J connectivity index is 0.000000980. The molecule has 0 aromatic heterocycles. The number of nitrogens with two attached hydrogens (primary N) is 2. The van der Waals surface area contributed by atoms with Crippen molar-refractivity contribution in [3.05, 3.63) is 0 Å². The summed E-state index contributed by atoms with van der Waals surface area (Å²) in [6, 6.07) is 0.421. The summed E-state index contributed by atoms with van der Waals surface area (Å²) in [4.78, 5) is 10.9. The van der Waals surface area contributed by atoms with E-state index in [1.165, 1.54) is 12.8 Å². The molecule has 14 heavy (non-hydrogen) atoms. The summed E-state index contributed by atoms with van der Waals surface area (Å²) in [5.74, 6) is 0.0286. The monoisotopic (exact) mass is 218 g/mol. The molecule has 1 spiro atoms. The highest BCUT2D eigenvalue weighted by Crippen LogP contribution is 2.51. The molecule has 2 saturated carbocycles. The minimum Gasteiger partial charge on any atom is -0.369 e. The standard InChI is InChI=1S/C10H18N2O.ClH/c11-8-5-10(6-8)3-1-7(2-4-10)9(12)13;/h7-8H,1-6,11H2,(H2,12,13);1H. The summed E-state index contributed by atoms with van der Waals surface area (Å²) < 4.78 is 0. The highest BCUT2D eigenvalue weighted by molar-refractivity contribution is 5.85. The smallest absolute Gasteiger partial charge is 0.220 e. The molecule has 2 aliphatic carbocycles. The molecule has 82 valence electrons. The van der Waals surface area contributed by atoms with Crippen molar-refractivity contribution < 1.29 is 4.79 Å². The van der Waals surface area contributed by atoms with Crippen molar-refractivity contribution in [2.75, 3.05) is 0 Å². The lowest BCUT2D eigenvalue weighted by atomic mass is 9.57. The van der Waals surface area contributed by atoms with Gasteiger partial charge >= 0.3 is 0 Å². The average Bonchev–Trinajstić information content (AvgIpc) is 2.03. The predicted molar refractivity (Wildman–Crippen MR) is 58.0 cm³/mol. The third kappa shape index (κ3) is 2.04. The first-order chi connectivity index (χ1) is 6.11. The minimum atomic E-state index is -0.113. The molecule has 0 atom stereocenters. The van der Waals surface area contributed by atoms with Crippen LogP contribution >= 0.6 is 12.4 Å². The van der Waals surface area contributed by atoms with E-state index in [9.17, 15) is 4.79 Å². The quantitative estimate of drug-likeness (QED) is 0.694. The molecule has 2 rings (SSSR count). The SMILES string of the molecule is Cl.NC(=O)C1CCC2(CC1)CC(N)C2. The number of halogens is 1. The van der Waals surface area contributed by atoms with Crippen LogP contribution in [-0.4, -0.2) is 11.9 Å². The summed E-state index contributed by atoms with van der Waals surface area (Å²) in [5.41, 5.74) is 11.6. The lowest BCUT2D eigenvalue weighted by Crippen LogP contribution is -2.48. The highest BCUT2D eigenvalue weighted by atomic mass is 35.5. The van der Waals surface area contributed by atoms with Gasteiger partial charge in [0.25, 0.3) is 0 Å². The number of hydrogen-bond donors (Lipinski definition) is 2. The molecule has 4 heteroatoms. The number of carbonyl (C=O) groups is 1. The van der Waals surface area contributed by atoms with Crippen molar-refractivity contribution in [2.24, 2.45) is 22.8 Å². The molecule has 1 amide bonds. The Morgan fingerprint density at radius 1 is 1.21 bits per heavy atom. The summed E-state index contributed by atoms with van der Waals surface area (Å²) in [6.07, 6.45) is 6.63. The Morgan fingerprint density at radius 3 is 2.07 bits per heavy atom. The van der Waals surface area contributed by atoms with Crippen LogP contribution in [0.25, 0.3) is 0 Å². The fraction of sp³-hybridized carbons (Fsp3) is 0.900. The molecule has 0 heterocycles. The molecule has 0 aliphatic heterocycles. The Kier molecular flexibility index (Phi) is 3.43. The van der Waals surface area contributed by atoms with Gasteiger partial charge in [0.2, 0.25) is 5.91 Å². The van der Waals surface area contributed by atoms with Crippen LogP contribution in [0, 0.1) is 11.3 Å². The van der Waals surface area contributed by atoms with Crippen LogP contribution in [0.2, 0.25) is 0 Å². The fourth-order valence-corrected chi connectivity index (χ4v) is 2.98. The molecular weight excluding hydrogens is 200 g/mol. The first-order valence-corrected chi connectivity index (χ1v) is 5.16. The van der Waals surface area contributed by atoms with Crippen molar-refractivity contribution in [3.63, 3.8) is 0 Å². The van der Waals surface area contributed by atoms with Gasteiger partial charge in [-0.05, 0) is 43.9 Å². The average molecular weight is 219 g/mol. The number of hydrogen-bond acceptors (Lipinski definition) is 2. The second-order valence-electron chi connectivity index (χ2n) is 4.84. The van der Waals surface area contributed by atoms with Gasteiger partial charge in [-0.25, -0.2) is 0 Å². The van der Waals surface area contributed by atoms with E-state index in [0.717, 1.165) is 25.7 Å². The third-order valence-electron chi connectivity index (χ3n) is 3.84. The number of primary amides is 1. The van der Waals surface area contributed by atoms with E-state index in [1.807, 2.05) is 0 Å². The van der Waals surface area contributed by atoms with Gasteiger partial charge in [-0.15, -0.1) is 12.4 Å². The Labute approximate surface area is 91.0 Å². The lowest BCUT2D eigenvalue weighted by Gasteiger charge is -2.50. The van der Waals surface area contributed by atoms with E-state index < -0.39 is 0 Å². The molecule has 0 saturated heterocycles. The number of carbonyl (C=O) groups excluding carboxylic acids is 1. The Hall–Kier alpha value is -0.280. The third-order valence-corrected chi connectivity index (χ3v) is 3.84. The van der Waals surface area contributed by atoms with Gasteiger partial charge in [0.05, 0.1) is 0 Å². The van der Waals surface area contributed by atoms with Crippen molar-refractivity contribution in [2.45, 2.75) is 44.6 Å². The van der Waals surface area contributed by atoms with E-state index >= 15 is 0 Å². The maximum Gasteiger partial charge on any atom is 0.220 e. The van der Waals surface area contributed by atoms with Crippen LogP contribution in [0.4, 0.5) is 0 Å². The normalized spacial score (nSPS) is 41.2. The van der Waals surface area contributed by atoms with Crippen LogP contribution < -0.4 is 11.5 Å².